The Hall–Kier alpha value is -2.29. The van der Waals surface area contributed by atoms with Gasteiger partial charge >= 0.3 is 0 Å². The Kier molecular flexibility index (Phi) is 5.47. The van der Waals surface area contributed by atoms with Gasteiger partial charge < -0.3 is 10.2 Å². The van der Waals surface area contributed by atoms with E-state index in [9.17, 15) is 9.59 Å². The minimum absolute atomic E-state index is 0.00171. The van der Waals surface area contributed by atoms with Crippen LogP contribution in [0.25, 0.3) is 0 Å². The standard InChI is InChI=1S/C19H23N5O2S/c25-17(21-19-20-8-11-27-19)14-6-9-24(10-7-14)18(26)16-12-15(22-23-16)13-4-2-1-3-5-13/h1-5,8,11,14-16,22-23H,6-7,9-10,12H2,(H,20,21,25). The van der Waals surface area contributed by atoms with Crippen LogP contribution < -0.4 is 16.2 Å². The molecule has 142 valence electrons. The second kappa shape index (κ2) is 8.16. The molecule has 0 saturated carbocycles. The Bertz CT molecular complexity index is 775. The molecule has 3 N–H and O–H groups in total. The van der Waals surface area contributed by atoms with E-state index in [0.717, 1.165) is 6.42 Å². The van der Waals surface area contributed by atoms with E-state index in [1.807, 2.05) is 28.5 Å². The van der Waals surface area contributed by atoms with Gasteiger partial charge in [-0.3, -0.25) is 9.59 Å². The molecule has 1 aromatic carbocycles. The molecule has 2 atom stereocenters. The molecule has 2 aliphatic heterocycles. The zero-order valence-corrected chi connectivity index (χ0v) is 15.7. The fraction of sp³-hybridized carbons (Fsp3) is 0.421. The average Bonchev–Trinajstić information content (AvgIpc) is 3.40. The third-order valence-electron chi connectivity index (χ3n) is 5.24. The van der Waals surface area contributed by atoms with E-state index in [1.165, 1.54) is 16.9 Å². The van der Waals surface area contributed by atoms with Crippen LogP contribution in [0.1, 0.15) is 30.9 Å². The number of piperidine rings is 1. The summed E-state index contributed by atoms with van der Waals surface area (Å²) in [5.41, 5.74) is 7.54. The first-order valence-electron chi connectivity index (χ1n) is 9.26. The van der Waals surface area contributed by atoms with Crippen molar-refractivity contribution < 1.29 is 9.59 Å². The number of nitrogens with zero attached hydrogens (tertiary/aromatic N) is 2. The molecule has 2 aliphatic rings. The summed E-state index contributed by atoms with van der Waals surface area (Å²) in [6.45, 7) is 1.23. The lowest BCUT2D eigenvalue weighted by Gasteiger charge is -2.32. The van der Waals surface area contributed by atoms with Crippen molar-refractivity contribution in [1.29, 1.82) is 0 Å². The summed E-state index contributed by atoms with van der Waals surface area (Å²) in [4.78, 5) is 31.1. The summed E-state index contributed by atoms with van der Waals surface area (Å²) in [7, 11) is 0. The monoisotopic (exact) mass is 385 g/mol. The van der Waals surface area contributed by atoms with E-state index >= 15 is 0 Å². The first-order chi connectivity index (χ1) is 13.2. The molecule has 2 unspecified atom stereocenters. The Morgan fingerprint density at radius 2 is 1.93 bits per heavy atom. The van der Waals surface area contributed by atoms with Crippen LogP contribution in [0.4, 0.5) is 5.13 Å². The van der Waals surface area contributed by atoms with Crippen LogP contribution in [0.2, 0.25) is 0 Å². The molecule has 1 aromatic heterocycles. The van der Waals surface area contributed by atoms with Crippen LogP contribution >= 0.6 is 11.3 Å². The maximum atomic E-state index is 12.8. The smallest absolute Gasteiger partial charge is 0.241 e. The van der Waals surface area contributed by atoms with Gasteiger partial charge in [-0.25, -0.2) is 15.8 Å². The largest absolute Gasteiger partial charge is 0.341 e. The number of hydrazine groups is 1. The van der Waals surface area contributed by atoms with Crippen molar-refractivity contribution in [3.63, 3.8) is 0 Å². The normalized spacial score (nSPS) is 23.3. The number of hydrogen-bond donors (Lipinski definition) is 3. The van der Waals surface area contributed by atoms with Crippen LogP contribution in [0, 0.1) is 5.92 Å². The minimum atomic E-state index is -0.226. The molecule has 2 aromatic rings. The van der Waals surface area contributed by atoms with Gasteiger partial charge in [0.05, 0.1) is 0 Å². The summed E-state index contributed by atoms with van der Waals surface area (Å²) < 4.78 is 0. The van der Waals surface area contributed by atoms with Crippen molar-refractivity contribution in [2.75, 3.05) is 18.4 Å². The van der Waals surface area contributed by atoms with E-state index < -0.39 is 0 Å². The van der Waals surface area contributed by atoms with E-state index in [-0.39, 0.29) is 29.8 Å². The van der Waals surface area contributed by atoms with Gasteiger partial charge in [-0.05, 0) is 24.8 Å². The summed E-state index contributed by atoms with van der Waals surface area (Å²) >= 11 is 1.41. The lowest BCUT2D eigenvalue weighted by Crippen LogP contribution is -2.49. The second-order valence-electron chi connectivity index (χ2n) is 6.97. The first-order valence-corrected chi connectivity index (χ1v) is 10.1. The highest BCUT2D eigenvalue weighted by Crippen LogP contribution is 2.25. The molecule has 4 rings (SSSR count). The number of amides is 2. The number of anilines is 1. The predicted molar refractivity (Wildman–Crippen MR) is 104 cm³/mol. The second-order valence-corrected chi connectivity index (χ2v) is 7.86. The van der Waals surface area contributed by atoms with Crippen molar-refractivity contribution >= 4 is 28.3 Å². The van der Waals surface area contributed by atoms with Crippen LogP contribution in [-0.2, 0) is 9.59 Å². The van der Waals surface area contributed by atoms with Gasteiger partial charge in [0.15, 0.2) is 5.13 Å². The lowest BCUT2D eigenvalue weighted by molar-refractivity contribution is -0.136. The Morgan fingerprint density at radius 3 is 2.63 bits per heavy atom. The number of rotatable bonds is 4. The quantitative estimate of drug-likeness (QED) is 0.749. The van der Waals surface area contributed by atoms with Crippen molar-refractivity contribution in [2.24, 2.45) is 5.92 Å². The SMILES string of the molecule is O=C(Nc1nccs1)C1CCN(C(=O)C2CC(c3ccccc3)NN2)CC1. The number of hydrogen-bond acceptors (Lipinski definition) is 6. The highest BCUT2D eigenvalue weighted by atomic mass is 32.1. The van der Waals surface area contributed by atoms with Gasteiger partial charge in [-0.15, -0.1) is 11.3 Å². The van der Waals surface area contributed by atoms with Gasteiger partial charge in [-0.2, -0.15) is 0 Å². The first kappa shape index (κ1) is 18.1. The molecular formula is C19H23N5O2S. The molecule has 8 heteroatoms. The van der Waals surface area contributed by atoms with E-state index in [1.54, 1.807) is 6.20 Å². The third-order valence-corrected chi connectivity index (χ3v) is 5.93. The maximum Gasteiger partial charge on any atom is 0.241 e. The number of carbonyl (C=O) groups is 2. The molecule has 2 amide bonds. The molecule has 0 spiro atoms. The molecule has 27 heavy (non-hydrogen) atoms. The van der Waals surface area contributed by atoms with Crippen molar-refractivity contribution in [1.82, 2.24) is 20.7 Å². The molecule has 2 saturated heterocycles. The van der Waals surface area contributed by atoms with Crippen molar-refractivity contribution in [2.45, 2.75) is 31.3 Å². The Morgan fingerprint density at radius 1 is 1.15 bits per heavy atom. The Labute approximate surface area is 162 Å². The highest BCUT2D eigenvalue weighted by molar-refractivity contribution is 7.13. The van der Waals surface area contributed by atoms with Crippen LogP contribution in [-0.4, -0.2) is 40.8 Å². The van der Waals surface area contributed by atoms with Crippen molar-refractivity contribution in [3.8, 4) is 0 Å². The Balaban J connectivity index is 1.27. The van der Waals surface area contributed by atoms with E-state index in [0.29, 0.717) is 31.1 Å². The van der Waals surface area contributed by atoms with Crippen LogP contribution in [0.5, 0.6) is 0 Å². The molecule has 0 radical (unpaired) electrons. The predicted octanol–water partition coefficient (Wildman–Crippen LogP) is 1.93. The number of benzene rings is 1. The minimum Gasteiger partial charge on any atom is -0.341 e. The lowest BCUT2D eigenvalue weighted by atomic mass is 9.95. The number of aromatic nitrogens is 1. The van der Waals surface area contributed by atoms with Gasteiger partial charge in [0.25, 0.3) is 0 Å². The number of nitrogens with one attached hydrogen (secondary N) is 3. The van der Waals surface area contributed by atoms with Gasteiger partial charge in [0.2, 0.25) is 11.8 Å². The number of likely N-dealkylation sites (tertiary alicyclic amines) is 1. The van der Waals surface area contributed by atoms with Crippen molar-refractivity contribution in [3.05, 3.63) is 47.5 Å². The fourth-order valence-electron chi connectivity index (χ4n) is 3.70. The number of carbonyl (C=O) groups excluding carboxylic acids is 2. The molecule has 7 nitrogen and oxygen atoms in total. The molecular weight excluding hydrogens is 362 g/mol. The molecule has 2 fully saturated rings. The summed E-state index contributed by atoms with van der Waals surface area (Å²) in [5, 5.41) is 5.32. The van der Waals surface area contributed by atoms with Gasteiger partial charge in [-0.1, -0.05) is 30.3 Å². The van der Waals surface area contributed by atoms with Gasteiger partial charge in [0.1, 0.15) is 6.04 Å². The zero-order chi connectivity index (χ0) is 18.6. The topological polar surface area (TPSA) is 86.4 Å². The average molecular weight is 385 g/mol. The number of thiazole rings is 1. The molecule has 0 aliphatic carbocycles. The molecule has 0 bridgehead atoms. The third kappa shape index (κ3) is 4.18. The molecule has 3 heterocycles. The van der Waals surface area contributed by atoms with Gasteiger partial charge in [0, 0.05) is 36.6 Å². The summed E-state index contributed by atoms with van der Waals surface area (Å²) in [6.07, 6.45) is 3.77. The maximum absolute atomic E-state index is 12.8. The summed E-state index contributed by atoms with van der Waals surface area (Å²) in [5.74, 6) is 0.0474. The highest BCUT2D eigenvalue weighted by Gasteiger charge is 2.35. The van der Waals surface area contributed by atoms with Crippen LogP contribution in [0.3, 0.4) is 0 Å². The van der Waals surface area contributed by atoms with E-state index in [4.69, 9.17) is 0 Å². The fourth-order valence-corrected chi connectivity index (χ4v) is 4.23. The van der Waals surface area contributed by atoms with Crippen LogP contribution in [0.15, 0.2) is 41.9 Å². The summed E-state index contributed by atoms with van der Waals surface area (Å²) in [6, 6.07) is 10.1. The van der Waals surface area contributed by atoms with E-state index in [2.05, 4.69) is 33.3 Å². The zero-order valence-electron chi connectivity index (χ0n) is 14.9.